The Labute approximate surface area is 115 Å². The molecule has 3 N–H and O–H groups in total. The highest BCUT2D eigenvalue weighted by atomic mass is 35.5. The third-order valence-corrected chi connectivity index (χ3v) is 2.81. The van der Waals surface area contributed by atoms with Crippen LogP contribution in [0.15, 0.2) is 0 Å². The largest absolute Gasteiger partial charge is 0.356 e. The van der Waals surface area contributed by atoms with Crippen molar-refractivity contribution in [3.05, 3.63) is 0 Å². The average Bonchev–Trinajstić information content (AvgIpc) is 2.35. The molecule has 1 fully saturated rings. The topological polar surface area (TPSA) is 70.2 Å². The molecule has 0 aromatic rings. The van der Waals surface area contributed by atoms with Crippen LogP contribution in [-0.4, -0.2) is 37.5 Å². The zero-order chi connectivity index (χ0) is 12.5. The van der Waals surface area contributed by atoms with Gasteiger partial charge in [-0.1, -0.05) is 6.92 Å². The Morgan fingerprint density at radius 3 is 2.61 bits per heavy atom. The van der Waals surface area contributed by atoms with Crippen molar-refractivity contribution in [3.8, 4) is 0 Å². The number of piperidine rings is 1. The number of hydrogen-bond acceptors (Lipinski definition) is 3. The highest BCUT2D eigenvalue weighted by Gasteiger charge is 2.15. The van der Waals surface area contributed by atoms with Crippen molar-refractivity contribution in [2.75, 3.05) is 19.6 Å². The fourth-order valence-corrected chi connectivity index (χ4v) is 1.85. The van der Waals surface area contributed by atoms with Gasteiger partial charge in [0.15, 0.2) is 0 Å². The highest BCUT2D eigenvalue weighted by molar-refractivity contribution is 5.85. The first-order valence-electron chi connectivity index (χ1n) is 6.49. The normalized spacial score (nSPS) is 18.6. The van der Waals surface area contributed by atoms with Crippen LogP contribution < -0.4 is 16.0 Å². The first kappa shape index (κ1) is 17.2. The van der Waals surface area contributed by atoms with Crippen molar-refractivity contribution in [1.82, 2.24) is 16.0 Å². The summed E-state index contributed by atoms with van der Waals surface area (Å²) in [7, 11) is 0. The van der Waals surface area contributed by atoms with E-state index in [2.05, 4.69) is 16.0 Å². The number of halogens is 1. The first-order chi connectivity index (χ1) is 8.22. The van der Waals surface area contributed by atoms with Gasteiger partial charge in [0.2, 0.25) is 11.8 Å². The second-order valence-electron chi connectivity index (χ2n) is 4.46. The lowest BCUT2D eigenvalue weighted by molar-refractivity contribution is -0.126. The number of rotatable bonds is 6. The van der Waals surface area contributed by atoms with Crippen LogP contribution in [0.25, 0.3) is 0 Å². The fraction of sp³-hybridized carbons (Fsp3) is 0.833. The van der Waals surface area contributed by atoms with Gasteiger partial charge in [0.1, 0.15) is 0 Å². The summed E-state index contributed by atoms with van der Waals surface area (Å²) in [6, 6.07) is 0.231. The molecule has 0 aromatic carbocycles. The SMILES string of the molecule is CCCNC(=O)CCC(=O)N[C@H]1CCCNC1.Cl. The third kappa shape index (κ3) is 7.50. The molecule has 1 atom stereocenters. The van der Waals surface area contributed by atoms with E-state index in [0.29, 0.717) is 6.54 Å². The second kappa shape index (κ2) is 10.1. The molecule has 0 saturated carbocycles. The van der Waals surface area contributed by atoms with Gasteiger partial charge >= 0.3 is 0 Å². The fourth-order valence-electron chi connectivity index (χ4n) is 1.85. The van der Waals surface area contributed by atoms with Crippen LogP contribution in [0.1, 0.15) is 39.0 Å². The summed E-state index contributed by atoms with van der Waals surface area (Å²) in [5.74, 6) is -0.0610. The number of hydrogen-bond donors (Lipinski definition) is 3. The van der Waals surface area contributed by atoms with Gasteiger partial charge in [-0.15, -0.1) is 12.4 Å². The molecule has 18 heavy (non-hydrogen) atoms. The molecule has 0 unspecified atom stereocenters. The lowest BCUT2D eigenvalue weighted by Crippen LogP contribution is -2.45. The molecular formula is C12H24ClN3O2. The molecular weight excluding hydrogens is 254 g/mol. The molecule has 0 aliphatic carbocycles. The van der Waals surface area contributed by atoms with E-state index in [0.717, 1.165) is 32.4 Å². The van der Waals surface area contributed by atoms with Crippen LogP contribution in [-0.2, 0) is 9.59 Å². The first-order valence-corrected chi connectivity index (χ1v) is 6.49. The summed E-state index contributed by atoms with van der Waals surface area (Å²) in [6.07, 6.45) is 3.62. The van der Waals surface area contributed by atoms with Gasteiger partial charge < -0.3 is 16.0 Å². The lowest BCUT2D eigenvalue weighted by atomic mass is 10.1. The highest BCUT2D eigenvalue weighted by Crippen LogP contribution is 2.02. The van der Waals surface area contributed by atoms with E-state index in [1.165, 1.54) is 0 Å². The van der Waals surface area contributed by atoms with Gasteiger partial charge in [0.05, 0.1) is 0 Å². The molecule has 0 bridgehead atoms. The monoisotopic (exact) mass is 277 g/mol. The minimum atomic E-state index is -0.0382. The Hall–Kier alpha value is -0.810. The van der Waals surface area contributed by atoms with E-state index in [4.69, 9.17) is 0 Å². The van der Waals surface area contributed by atoms with Crippen LogP contribution >= 0.6 is 12.4 Å². The van der Waals surface area contributed by atoms with Gasteiger partial charge in [-0.05, 0) is 25.8 Å². The van der Waals surface area contributed by atoms with E-state index in [-0.39, 0.29) is 43.1 Å². The molecule has 1 saturated heterocycles. The van der Waals surface area contributed by atoms with Crippen molar-refractivity contribution in [2.45, 2.75) is 45.1 Å². The maximum Gasteiger partial charge on any atom is 0.220 e. The summed E-state index contributed by atoms with van der Waals surface area (Å²) < 4.78 is 0. The van der Waals surface area contributed by atoms with E-state index >= 15 is 0 Å². The zero-order valence-corrected chi connectivity index (χ0v) is 11.8. The Bertz CT molecular complexity index is 256. The Balaban J connectivity index is 0.00000289. The maximum atomic E-state index is 11.6. The molecule has 1 heterocycles. The van der Waals surface area contributed by atoms with E-state index < -0.39 is 0 Å². The predicted octanol–water partition coefficient (Wildman–Crippen LogP) is 0.583. The van der Waals surface area contributed by atoms with Crippen molar-refractivity contribution in [2.24, 2.45) is 0 Å². The van der Waals surface area contributed by atoms with Gasteiger partial charge in [-0.3, -0.25) is 9.59 Å². The Morgan fingerprint density at radius 2 is 2.00 bits per heavy atom. The summed E-state index contributed by atoms with van der Waals surface area (Å²) in [4.78, 5) is 22.9. The quantitative estimate of drug-likeness (QED) is 0.665. The van der Waals surface area contributed by atoms with Crippen LogP contribution in [0, 0.1) is 0 Å². The summed E-state index contributed by atoms with van der Waals surface area (Å²) >= 11 is 0. The van der Waals surface area contributed by atoms with Gasteiger partial charge in [-0.25, -0.2) is 0 Å². The maximum absolute atomic E-state index is 11.6. The Morgan fingerprint density at radius 1 is 1.28 bits per heavy atom. The molecule has 1 aliphatic heterocycles. The smallest absolute Gasteiger partial charge is 0.220 e. The molecule has 6 heteroatoms. The molecule has 0 aromatic heterocycles. The van der Waals surface area contributed by atoms with E-state index in [1.807, 2.05) is 6.92 Å². The molecule has 5 nitrogen and oxygen atoms in total. The summed E-state index contributed by atoms with van der Waals surface area (Å²) in [5, 5.41) is 8.95. The molecule has 1 rings (SSSR count). The van der Waals surface area contributed by atoms with E-state index in [9.17, 15) is 9.59 Å². The molecule has 0 radical (unpaired) electrons. The summed E-state index contributed by atoms with van der Waals surface area (Å²) in [5.41, 5.74) is 0. The lowest BCUT2D eigenvalue weighted by Gasteiger charge is -2.23. The van der Waals surface area contributed by atoms with Gasteiger partial charge in [-0.2, -0.15) is 0 Å². The van der Waals surface area contributed by atoms with Crippen molar-refractivity contribution >= 4 is 24.2 Å². The number of nitrogens with one attached hydrogen (secondary N) is 3. The van der Waals surface area contributed by atoms with Crippen molar-refractivity contribution in [3.63, 3.8) is 0 Å². The van der Waals surface area contributed by atoms with Crippen LogP contribution in [0.3, 0.4) is 0 Å². The van der Waals surface area contributed by atoms with Crippen molar-refractivity contribution < 1.29 is 9.59 Å². The van der Waals surface area contributed by atoms with E-state index in [1.54, 1.807) is 0 Å². The predicted molar refractivity (Wildman–Crippen MR) is 73.8 cm³/mol. The number of carbonyl (C=O) groups is 2. The van der Waals surface area contributed by atoms with Crippen molar-refractivity contribution in [1.29, 1.82) is 0 Å². The van der Waals surface area contributed by atoms with Crippen LogP contribution in [0.4, 0.5) is 0 Å². The standard InChI is InChI=1S/C12H23N3O2.ClH/c1-2-7-14-11(16)5-6-12(17)15-10-4-3-8-13-9-10;/h10,13H,2-9H2,1H3,(H,14,16)(H,15,17);1H/t10-;/m0./s1. The van der Waals surface area contributed by atoms with Crippen LogP contribution in [0.2, 0.25) is 0 Å². The summed E-state index contributed by atoms with van der Waals surface area (Å²) in [6.45, 7) is 4.57. The molecule has 106 valence electrons. The van der Waals surface area contributed by atoms with Crippen LogP contribution in [0.5, 0.6) is 0 Å². The second-order valence-corrected chi connectivity index (χ2v) is 4.46. The Kier molecular flexibility index (Phi) is 9.69. The minimum absolute atomic E-state index is 0. The number of amides is 2. The average molecular weight is 278 g/mol. The zero-order valence-electron chi connectivity index (χ0n) is 11.0. The minimum Gasteiger partial charge on any atom is -0.356 e. The van der Waals surface area contributed by atoms with Gasteiger partial charge in [0, 0.05) is 32.0 Å². The molecule has 2 amide bonds. The number of carbonyl (C=O) groups excluding carboxylic acids is 2. The molecule has 1 aliphatic rings. The third-order valence-electron chi connectivity index (χ3n) is 2.81. The molecule has 0 spiro atoms. The van der Waals surface area contributed by atoms with Gasteiger partial charge in [0.25, 0.3) is 0 Å².